The largest absolute Gasteiger partial charge is 0.393 e. The highest BCUT2D eigenvalue weighted by molar-refractivity contribution is 4.90. The van der Waals surface area contributed by atoms with Gasteiger partial charge in [0.05, 0.1) is 12.7 Å². The fourth-order valence-corrected chi connectivity index (χ4v) is 3.52. The van der Waals surface area contributed by atoms with Crippen LogP contribution in [-0.4, -0.2) is 49.0 Å². The molecule has 2 aliphatic carbocycles. The summed E-state index contributed by atoms with van der Waals surface area (Å²) in [6.45, 7) is 7.46. The minimum absolute atomic E-state index is 0.104. The summed E-state index contributed by atoms with van der Waals surface area (Å²) in [6, 6.07) is 0.763. The fraction of sp³-hybridized carbons (Fsp3) is 1.00. The molecule has 2 rings (SSSR count). The average molecular weight is 255 g/mol. The molecule has 0 radical (unpaired) electrons. The van der Waals surface area contributed by atoms with Crippen LogP contribution in [0, 0.1) is 17.8 Å². The van der Waals surface area contributed by atoms with Crippen LogP contribution in [0.4, 0.5) is 0 Å². The van der Waals surface area contributed by atoms with E-state index < -0.39 is 0 Å². The first-order valence-electron chi connectivity index (χ1n) is 7.52. The van der Waals surface area contributed by atoms with Gasteiger partial charge >= 0.3 is 0 Å². The number of methoxy groups -OCH3 is 1. The van der Waals surface area contributed by atoms with Gasteiger partial charge in [-0.25, -0.2) is 0 Å². The van der Waals surface area contributed by atoms with Gasteiger partial charge in [0.15, 0.2) is 0 Å². The highest BCUT2D eigenvalue weighted by Crippen LogP contribution is 2.36. The third kappa shape index (κ3) is 3.69. The molecule has 0 saturated heterocycles. The van der Waals surface area contributed by atoms with Crippen molar-refractivity contribution >= 4 is 0 Å². The van der Waals surface area contributed by atoms with Crippen molar-refractivity contribution in [3.05, 3.63) is 0 Å². The average Bonchev–Trinajstić information content (AvgIpc) is 3.11. The molecule has 3 nitrogen and oxygen atoms in total. The maximum absolute atomic E-state index is 10.3. The van der Waals surface area contributed by atoms with Crippen molar-refractivity contribution in [1.82, 2.24) is 4.90 Å². The third-order valence-corrected chi connectivity index (χ3v) is 4.73. The van der Waals surface area contributed by atoms with Crippen LogP contribution < -0.4 is 0 Å². The quantitative estimate of drug-likeness (QED) is 0.789. The molecule has 3 heteroatoms. The molecule has 4 atom stereocenters. The SMILES string of the molecule is COCCN(CC1C(C)CC(C)CC1O)C1CC1. The highest BCUT2D eigenvalue weighted by atomic mass is 16.5. The van der Waals surface area contributed by atoms with Crippen LogP contribution >= 0.6 is 0 Å². The Balaban J connectivity index is 1.88. The topological polar surface area (TPSA) is 32.7 Å². The van der Waals surface area contributed by atoms with Gasteiger partial charge in [0.2, 0.25) is 0 Å². The first-order valence-corrected chi connectivity index (χ1v) is 7.52. The number of hydrogen-bond acceptors (Lipinski definition) is 3. The van der Waals surface area contributed by atoms with Crippen molar-refractivity contribution in [3.8, 4) is 0 Å². The van der Waals surface area contributed by atoms with E-state index >= 15 is 0 Å². The van der Waals surface area contributed by atoms with E-state index in [1.807, 2.05) is 0 Å². The molecule has 4 unspecified atom stereocenters. The zero-order valence-corrected chi connectivity index (χ0v) is 12.1. The summed E-state index contributed by atoms with van der Waals surface area (Å²) >= 11 is 0. The number of hydrogen-bond donors (Lipinski definition) is 1. The van der Waals surface area contributed by atoms with E-state index in [0.717, 1.165) is 32.2 Å². The Morgan fingerprint density at radius 2 is 1.94 bits per heavy atom. The normalized spacial score (nSPS) is 37.2. The molecular formula is C15H29NO2. The zero-order valence-electron chi connectivity index (χ0n) is 12.1. The molecule has 2 aliphatic rings. The molecule has 0 aromatic heterocycles. The van der Waals surface area contributed by atoms with Crippen molar-refractivity contribution in [2.75, 3.05) is 26.8 Å². The number of rotatable bonds is 6. The van der Waals surface area contributed by atoms with Crippen LogP contribution in [-0.2, 0) is 4.74 Å². The van der Waals surface area contributed by atoms with Gasteiger partial charge in [-0.15, -0.1) is 0 Å². The van der Waals surface area contributed by atoms with Gasteiger partial charge in [-0.1, -0.05) is 13.8 Å². The summed E-state index contributed by atoms with van der Waals surface area (Å²) in [7, 11) is 1.77. The predicted molar refractivity (Wildman–Crippen MR) is 73.5 cm³/mol. The second-order valence-electron chi connectivity index (χ2n) is 6.50. The van der Waals surface area contributed by atoms with Crippen molar-refractivity contribution in [2.45, 2.75) is 51.7 Å². The third-order valence-electron chi connectivity index (χ3n) is 4.73. The number of ether oxygens (including phenoxy) is 1. The number of aliphatic hydroxyl groups excluding tert-OH is 1. The lowest BCUT2D eigenvalue weighted by atomic mass is 9.73. The van der Waals surface area contributed by atoms with Gasteiger partial charge in [-0.3, -0.25) is 4.90 Å². The first-order chi connectivity index (χ1) is 8.61. The van der Waals surface area contributed by atoms with Crippen molar-refractivity contribution in [1.29, 1.82) is 0 Å². The van der Waals surface area contributed by atoms with Crippen LogP contribution in [0.5, 0.6) is 0 Å². The Kier molecular flexibility index (Phi) is 5.05. The molecule has 0 aromatic carbocycles. The summed E-state index contributed by atoms with van der Waals surface area (Å²) in [5, 5.41) is 10.3. The van der Waals surface area contributed by atoms with E-state index in [4.69, 9.17) is 4.74 Å². The highest BCUT2D eigenvalue weighted by Gasteiger charge is 2.37. The Labute approximate surface area is 112 Å². The molecule has 0 amide bonds. The summed E-state index contributed by atoms with van der Waals surface area (Å²) in [4.78, 5) is 2.55. The van der Waals surface area contributed by atoms with Gasteiger partial charge < -0.3 is 9.84 Å². The van der Waals surface area contributed by atoms with Crippen LogP contribution in [0.25, 0.3) is 0 Å². The Morgan fingerprint density at radius 3 is 2.50 bits per heavy atom. The molecular weight excluding hydrogens is 226 g/mol. The lowest BCUT2D eigenvalue weighted by Gasteiger charge is -2.39. The Bertz CT molecular complexity index is 243. The van der Waals surface area contributed by atoms with E-state index in [0.29, 0.717) is 17.8 Å². The molecule has 18 heavy (non-hydrogen) atoms. The van der Waals surface area contributed by atoms with Crippen LogP contribution in [0.15, 0.2) is 0 Å². The molecule has 106 valence electrons. The number of aliphatic hydroxyl groups is 1. The maximum atomic E-state index is 10.3. The molecule has 0 heterocycles. The summed E-state index contributed by atoms with van der Waals surface area (Å²) < 4.78 is 5.21. The molecule has 0 bridgehead atoms. The molecule has 2 saturated carbocycles. The van der Waals surface area contributed by atoms with Gasteiger partial charge in [-0.2, -0.15) is 0 Å². The lowest BCUT2D eigenvalue weighted by molar-refractivity contribution is -0.00668. The van der Waals surface area contributed by atoms with Crippen LogP contribution in [0.3, 0.4) is 0 Å². The first kappa shape index (κ1) is 14.3. The minimum atomic E-state index is -0.104. The van der Waals surface area contributed by atoms with E-state index in [1.54, 1.807) is 7.11 Å². The molecule has 2 fully saturated rings. The fourth-order valence-electron chi connectivity index (χ4n) is 3.52. The van der Waals surface area contributed by atoms with Crippen molar-refractivity contribution in [3.63, 3.8) is 0 Å². The van der Waals surface area contributed by atoms with Crippen LogP contribution in [0.1, 0.15) is 39.5 Å². The lowest BCUT2D eigenvalue weighted by Crippen LogP contribution is -2.44. The molecule has 0 spiro atoms. The molecule has 0 aromatic rings. The van der Waals surface area contributed by atoms with E-state index in [1.165, 1.54) is 19.3 Å². The van der Waals surface area contributed by atoms with E-state index in [2.05, 4.69) is 18.7 Å². The second-order valence-corrected chi connectivity index (χ2v) is 6.50. The Hall–Kier alpha value is -0.120. The van der Waals surface area contributed by atoms with Crippen LogP contribution in [0.2, 0.25) is 0 Å². The standard InChI is InChI=1S/C15H29NO2/c1-11-8-12(2)14(15(17)9-11)10-16(6-7-18-3)13-4-5-13/h11-15,17H,4-10H2,1-3H3. The van der Waals surface area contributed by atoms with Gasteiger partial charge in [-0.05, 0) is 37.5 Å². The van der Waals surface area contributed by atoms with E-state index in [9.17, 15) is 5.11 Å². The predicted octanol–water partition coefficient (Wildman–Crippen LogP) is 2.14. The monoisotopic (exact) mass is 255 g/mol. The van der Waals surface area contributed by atoms with Gasteiger partial charge in [0, 0.05) is 32.2 Å². The van der Waals surface area contributed by atoms with Crippen molar-refractivity contribution in [2.24, 2.45) is 17.8 Å². The van der Waals surface area contributed by atoms with Crippen molar-refractivity contribution < 1.29 is 9.84 Å². The Morgan fingerprint density at radius 1 is 1.22 bits per heavy atom. The molecule has 0 aliphatic heterocycles. The van der Waals surface area contributed by atoms with Gasteiger partial charge in [0.1, 0.15) is 0 Å². The summed E-state index contributed by atoms with van der Waals surface area (Å²) in [5.74, 6) is 1.78. The summed E-state index contributed by atoms with van der Waals surface area (Å²) in [5.41, 5.74) is 0. The van der Waals surface area contributed by atoms with Gasteiger partial charge in [0.25, 0.3) is 0 Å². The minimum Gasteiger partial charge on any atom is -0.393 e. The van der Waals surface area contributed by atoms with E-state index in [-0.39, 0.29) is 6.10 Å². The number of nitrogens with zero attached hydrogens (tertiary/aromatic N) is 1. The maximum Gasteiger partial charge on any atom is 0.0589 e. The zero-order chi connectivity index (χ0) is 13.1. The second kappa shape index (κ2) is 6.36. The smallest absolute Gasteiger partial charge is 0.0589 e. The molecule has 1 N–H and O–H groups in total. The summed E-state index contributed by atoms with van der Waals surface area (Å²) in [6.07, 6.45) is 4.81.